The van der Waals surface area contributed by atoms with E-state index in [4.69, 9.17) is 0 Å². The van der Waals surface area contributed by atoms with E-state index < -0.39 is 11.4 Å². The molecule has 2 aliphatic heterocycles. The molecule has 2 saturated heterocycles. The second-order valence-electron chi connectivity index (χ2n) is 8.28. The van der Waals surface area contributed by atoms with Gasteiger partial charge in [-0.3, -0.25) is 9.59 Å². The lowest BCUT2D eigenvalue weighted by molar-refractivity contribution is -0.150. The molecule has 1 atom stereocenters. The number of hydrogen-bond donors (Lipinski definition) is 2. The van der Waals surface area contributed by atoms with Crippen LogP contribution in [0.4, 0.5) is 4.79 Å². The Bertz CT molecular complexity index is 518. The van der Waals surface area contributed by atoms with Gasteiger partial charge in [0.05, 0.1) is 5.41 Å². The lowest BCUT2D eigenvalue weighted by Crippen LogP contribution is -2.49. The predicted octanol–water partition coefficient (Wildman–Crippen LogP) is 1.53. The molecule has 0 aromatic rings. The van der Waals surface area contributed by atoms with Crippen LogP contribution in [-0.4, -0.2) is 64.5 Å². The number of carbonyl (C=O) groups excluding carboxylic acids is 2. The van der Waals surface area contributed by atoms with E-state index in [9.17, 15) is 19.5 Å². The van der Waals surface area contributed by atoms with Crippen molar-refractivity contribution in [3.63, 3.8) is 0 Å². The first-order chi connectivity index (χ1) is 11.0. The number of carbonyl (C=O) groups is 3. The van der Waals surface area contributed by atoms with Gasteiger partial charge in [0, 0.05) is 44.1 Å². The lowest BCUT2D eigenvalue weighted by Gasteiger charge is -2.36. The van der Waals surface area contributed by atoms with Gasteiger partial charge in [-0.05, 0) is 40.5 Å². The molecule has 2 N–H and O–H groups in total. The van der Waals surface area contributed by atoms with E-state index in [-0.39, 0.29) is 23.4 Å². The number of likely N-dealkylation sites (tertiary alicyclic amines) is 2. The number of rotatable bonds is 3. The number of carboxylic acid groups (broad SMARTS) is 1. The monoisotopic (exact) mass is 339 g/mol. The summed E-state index contributed by atoms with van der Waals surface area (Å²) in [6, 6.07) is -0.163. The minimum absolute atomic E-state index is 0.134. The fraction of sp³-hybridized carbons (Fsp3) is 0.824. The van der Waals surface area contributed by atoms with E-state index in [0.717, 1.165) is 0 Å². The SMILES string of the molecule is CC1(C(=O)O)CCN(C(=O)NCC2CC(=O)N(C(C)(C)C)C2)CC1. The second-order valence-corrected chi connectivity index (χ2v) is 8.28. The van der Waals surface area contributed by atoms with Crippen LogP contribution >= 0.6 is 0 Å². The number of urea groups is 1. The summed E-state index contributed by atoms with van der Waals surface area (Å²) < 4.78 is 0. The van der Waals surface area contributed by atoms with Crippen molar-refractivity contribution in [2.75, 3.05) is 26.2 Å². The molecule has 1 unspecified atom stereocenters. The first kappa shape index (κ1) is 18.5. The number of aliphatic carboxylic acids is 1. The highest BCUT2D eigenvalue weighted by molar-refractivity contribution is 5.80. The van der Waals surface area contributed by atoms with E-state index in [2.05, 4.69) is 5.32 Å². The number of hydrogen-bond acceptors (Lipinski definition) is 3. The smallest absolute Gasteiger partial charge is 0.317 e. The van der Waals surface area contributed by atoms with Crippen molar-refractivity contribution in [2.45, 2.75) is 52.5 Å². The van der Waals surface area contributed by atoms with Crippen LogP contribution in [0, 0.1) is 11.3 Å². The van der Waals surface area contributed by atoms with Crippen LogP contribution in [0.2, 0.25) is 0 Å². The molecule has 2 rings (SSSR count). The summed E-state index contributed by atoms with van der Waals surface area (Å²) >= 11 is 0. The minimum atomic E-state index is -0.797. The fourth-order valence-electron chi connectivity index (χ4n) is 3.33. The highest BCUT2D eigenvalue weighted by atomic mass is 16.4. The van der Waals surface area contributed by atoms with Crippen LogP contribution in [0.5, 0.6) is 0 Å². The van der Waals surface area contributed by atoms with Gasteiger partial charge in [0.15, 0.2) is 0 Å². The Balaban J connectivity index is 1.79. The Hall–Kier alpha value is -1.79. The lowest BCUT2D eigenvalue weighted by atomic mass is 9.80. The average Bonchev–Trinajstić information content (AvgIpc) is 2.86. The van der Waals surface area contributed by atoms with Gasteiger partial charge >= 0.3 is 12.0 Å². The highest BCUT2D eigenvalue weighted by Crippen LogP contribution is 2.31. The number of nitrogens with one attached hydrogen (secondary N) is 1. The maximum absolute atomic E-state index is 12.3. The molecule has 24 heavy (non-hydrogen) atoms. The van der Waals surface area contributed by atoms with Crippen LogP contribution in [-0.2, 0) is 9.59 Å². The fourth-order valence-corrected chi connectivity index (χ4v) is 3.33. The van der Waals surface area contributed by atoms with Crippen LogP contribution in [0.25, 0.3) is 0 Å². The Morgan fingerprint density at radius 1 is 1.29 bits per heavy atom. The molecule has 3 amide bonds. The zero-order chi connectivity index (χ0) is 18.1. The van der Waals surface area contributed by atoms with Gasteiger partial charge in [0.2, 0.25) is 5.91 Å². The zero-order valence-electron chi connectivity index (χ0n) is 15.1. The maximum atomic E-state index is 12.3. The van der Waals surface area contributed by atoms with E-state index in [1.165, 1.54) is 0 Å². The standard InChI is InChI=1S/C17H29N3O4/c1-16(2,3)20-11-12(9-13(20)21)10-18-15(24)19-7-5-17(4,6-8-19)14(22)23/h12H,5-11H2,1-4H3,(H,18,24)(H,22,23). The third kappa shape index (κ3) is 3.99. The van der Waals surface area contributed by atoms with Gasteiger partial charge in [0.25, 0.3) is 0 Å². The molecular formula is C17H29N3O4. The predicted molar refractivity (Wildman–Crippen MR) is 89.5 cm³/mol. The number of piperidine rings is 1. The number of carboxylic acids is 1. The van der Waals surface area contributed by atoms with Crippen molar-refractivity contribution in [2.24, 2.45) is 11.3 Å². The van der Waals surface area contributed by atoms with Crippen LogP contribution in [0.15, 0.2) is 0 Å². The van der Waals surface area contributed by atoms with Gasteiger partial charge in [-0.25, -0.2) is 4.79 Å². The number of nitrogens with zero attached hydrogens (tertiary/aromatic N) is 2. The molecular weight excluding hydrogens is 310 g/mol. The Morgan fingerprint density at radius 3 is 2.33 bits per heavy atom. The molecule has 0 aliphatic carbocycles. The molecule has 0 bridgehead atoms. The quantitative estimate of drug-likeness (QED) is 0.816. The van der Waals surface area contributed by atoms with E-state index >= 15 is 0 Å². The summed E-state index contributed by atoms with van der Waals surface area (Å²) in [5.41, 5.74) is -0.925. The van der Waals surface area contributed by atoms with Crippen molar-refractivity contribution >= 4 is 17.9 Å². The van der Waals surface area contributed by atoms with E-state index in [1.54, 1.807) is 11.8 Å². The Kier molecular flexibility index (Phi) is 5.11. The van der Waals surface area contributed by atoms with Crippen molar-refractivity contribution in [3.05, 3.63) is 0 Å². The Labute approximate surface area is 143 Å². The minimum Gasteiger partial charge on any atom is -0.481 e. The summed E-state index contributed by atoms with van der Waals surface area (Å²) in [6.45, 7) is 9.81. The molecule has 7 nitrogen and oxygen atoms in total. The van der Waals surface area contributed by atoms with Gasteiger partial charge in [-0.2, -0.15) is 0 Å². The van der Waals surface area contributed by atoms with Crippen LogP contribution in [0.1, 0.15) is 47.0 Å². The Morgan fingerprint density at radius 2 is 1.88 bits per heavy atom. The topological polar surface area (TPSA) is 90.0 Å². The van der Waals surface area contributed by atoms with E-state index in [0.29, 0.717) is 45.4 Å². The molecule has 2 heterocycles. The molecule has 0 spiro atoms. The zero-order valence-corrected chi connectivity index (χ0v) is 15.1. The third-order valence-corrected chi connectivity index (χ3v) is 5.23. The highest BCUT2D eigenvalue weighted by Gasteiger charge is 2.39. The summed E-state index contributed by atoms with van der Waals surface area (Å²) in [4.78, 5) is 39.1. The van der Waals surface area contributed by atoms with Gasteiger partial charge in [-0.1, -0.05) is 0 Å². The summed E-state index contributed by atoms with van der Waals surface area (Å²) in [5.74, 6) is -0.527. The van der Waals surface area contributed by atoms with E-state index in [1.807, 2.05) is 25.7 Å². The molecule has 0 saturated carbocycles. The third-order valence-electron chi connectivity index (χ3n) is 5.23. The van der Waals surface area contributed by atoms with Crippen LogP contribution in [0.3, 0.4) is 0 Å². The van der Waals surface area contributed by atoms with Gasteiger partial charge in [0.1, 0.15) is 0 Å². The van der Waals surface area contributed by atoms with Crippen LogP contribution < -0.4 is 5.32 Å². The summed E-state index contributed by atoms with van der Waals surface area (Å²) in [7, 11) is 0. The molecule has 0 radical (unpaired) electrons. The molecule has 0 aromatic carbocycles. The van der Waals surface area contributed by atoms with Gasteiger partial charge in [-0.15, -0.1) is 0 Å². The first-order valence-electron chi connectivity index (χ1n) is 8.59. The first-order valence-corrected chi connectivity index (χ1v) is 8.59. The molecule has 0 aromatic heterocycles. The molecule has 7 heteroatoms. The van der Waals surface area contributed by atoms with Gasteiger partial charge < -0.3 is 20.2 Å². The van der Waals surface area contributed by atoms with Crippen molar-refractivity contribution in [3.8, 4) is 0 Å². The van der Waals surface area contributed by atoms with Crippen molar-refractivity contribution in [1.82, 2.24) is 15.1 Å². The number of amides is 3. The average molecular weight is 339 g/mol. The second kappa shape index (κ2) is 6.61. The molecule has 2 fully saturated rings. The summed E-state index contributed by atoms with van der Waals surface area (Å²) in [5, 5.41) is 12.1. The largest absolute Gasteiger partial charge is 0.481 e. The van der Waals surface area contributed by atoms with Crippen molar-refractivity contribution in [1.29, 1.82) is 0 Å². The normalized spacial score (nSPS) is 24.2. The molecule has 2 aliphatic rings. The molecule has 136 valence electrons. The van der Waals surface area contributed by atoms with Crippen molar-refractivity contribution < 1.29 is 19.5 Å². The maximum Gasteiger partial charge on any atom is 0.317 e. The summed E-state index contributed by atoms with van der Waals surface area (Å²) in [6.07, 6.45) is 1.40.